The van der Waals surface area contributed by atoms with Gasteiger partial charge in [-0.15, -0.1) is 0 Å². The molecule has 0 radical (unpaired) electrons. The number of rotatable bonds is 0. The standard InChI is InChI=1S/C11H15NS/c1-7-8(2)13-10(9(7)12-6)11(3,4)5/h1-5H3. The topological polar surface area (TPSA) is 4.36 Å². The minimum atomic E-state index is 0.101. The van der Waals surface area contributed by atoms with Crippen molar-refractivity contribution in [2.75, 3.05) is 0 Å². The van der Waals surface area contributed by atoms with Crippen molar-refractivity contribution in [2.24, 2.45) is 0 Å². The average molecular weight is 193 g/mol. The molecular weight excluding hydrogens is 178 g/mol. The summed E-state index contributed by atoms with van der Waals surface area (Å²) in [4.78, 5) is 6.11. The van der Waals surface area contributed by atoms with Crippen LogP contribution in [0.2, 0.25) is 0 Å². The minimum Gasteiger partial charge on any atom is -0.237 e. The smallest absolute Gasteiger partial charge is 0.204 e. The molecule has 0 aliphatic rings. The Morgan fingerprint density at radius 3 is 2.08 bits per heavy atom. The first-order chi connectivity index (χ1) is 5.88. The van der Waals surface area contributed by atoms with Gasteiger partial charge in [-0.2, -0.15) is 11.3 Å². The second kappa shape index (κ2) is 3.16. The first-order valence-corrected chi connectivity index (χ1v) is 5.17. The minimum absolute atomic E-state index is 0.101. The van der Waals surface area contributed by atoms with Crippen LogP contribution in [0, 0.1) is 20.4 Å². The van der Waals surface area contributed by atoms with Crippen molar-refractivity contribution in [3.05, 3.63) is 26.7 Å². The summed E-state index contributed by atoms with van der Waals surface area (Å²) in [5.41, 5.74) is 2.13. The Morgan fingerprint density at radius 1 is 1.23 bits per heavy atom. The van der Waals surface area contributed by atoms with Crippen LogP contribution < -0.4 is 0 Å². The molecule has 0 saturated carbocycles. The largest absolute Gasteiger partial charge is 0.237 e. The van der Waals surface area contributed by atoms with Crippen molar-refractivity contribution in [2.45, 2.75) is 40.0 Å². The summed E-state index contributed by atoms with van der Waals surface area (Å²) < 4.78 is 0. The summed E-state index contributed by atoms with van der Waals surface area (Å²) in [6.07, 6.45) is 0. The Hall–Kier alpha value is -0.810. The van der Waals surface area contributed by atoms with Gasteiger partial charge < -0.3 is 0 Å². The van der Waals surface area contributed by atoms with Gasteiger partial charge in [-0.25, -0.2) is 4.85 Å². The third kappa shape index (κ3) is 1.76. The molecule has 0 unspecified atom stereocenters. The van der Waals surface area contributed by atoms with Crippen LogP contribution in [0.5, 0.6) is 0 Å². The highest BCUT2D eigenvalue weighted by molar-refractivity contribution is 7.12. The van der Waals surface area contributed by atoms with Gasteiger partial charge in [-0.1, -0.05) is 20.8 Å². The molecule has 1 nitrogen and oxygen atoms in total. The van der Waals surface area contributed by atoms with Crippen LogP contribution in [-0.4, -0.2) is 0 Å². The molecule has 0 aromatic carbocycles. The maximum absolute atomic E-state index is 7.15. The average Bonchev–Trinajstić information content (AvgIpc) is 2.28. The molecule has 0 N–H and O–H groups in total. The molecule has 0 amide bonds. The molecule has 0 aliphatic carbocycles. The number of aryl methyl sites for hydroxylation is 1. The third-order valence-electron chi connectivity index (χ3n) is 2.15. The number of hydrogen-bond donors (Lipinski definition) is 0. The normalized spacial score (nSPS) is 11.4. The van der Waals surface area contributed by atoms with E-state index in [1.807, 2.05) is 6.92 Å². The molecule has 0 atom stereocenters. The predicted molar refractivity (Wildman–Crippen MR) is 58.8 cm³/mol. The van der Waals surface area contributed by atoms with Crippen LogP contribution in [0.4, 0.5) is 5.69 Å². The van der Waals surface area contributed by atoms with E-state index < -0.39 is 0 Å². The zero-order chi connectivity index (χ0) is 10.2. The van der Waals surface area contributed by atoms with Gasteiger partial charge in [0, 0.05) is 4.88 Å². The van der Waals surface area contributed by atoms with Gasteiger partial charge in [0.2, 0.25) is 5.69 Å². The highest BCUT2D eigenvalue weighted by Crippen LogP contribution is 2.41. The van der Waals surface area contributed by atoms with Crippen LogP contribution in [0.1, 0.15) is 36.1 Å². The van der Waals surface area contributed by atoms with Gasteiger partial charge in [0.15, 0.2) is 0 Å². The lowest BCUT2D eigenvalue weighted by molar-refractivity contribution is 0.606. The summed E-state index contributed by atoms with van der Waals surface area (Å²) in [5.74, 6) is 0. The fourth-order valence-corrected chi connectivity index (χ4v) is 2.42. The molecule has 0 bridgehead atoms. The molecule has 0 fully saturated rings. The first-order valence-electron chi connectivity index (χ1n) is 4.36. The van der Waals surface area contributed by atoms with E-state index in [1.165, 1.54) is 9.75 Å². The molecule has 0 aliphatic heterocycles. The van der Waals surface area contributed by atoms with E-state index in [0.717, 1.165) is 11.3 Å². The number of nitrogens with zero attached hydrogens (tertiary/aromatic N) is 1. The van der Waals surface area contributed by atoms with E-state index in [0.29, 0.717) is 0 Å². The van der Waals surface area contributed by atoms with Gasteiger partial charge in [0.1, 0.15) is 0 Å². The summed E-state index contributed by atoms with van der Waals surface area (Å²) in [7, 11) is 0. The second-order valence-corrected chi connectivity index (χ2v) is 5.55. The van der Waals surface area contributed by atoms with Crippen LogP contribution in [-0.2, 0) is 5.41 Å². The van der Waals surface area contributed by atoms with Crippen LogP contribution in [0.15, 0.2) is 0 Å². The fraction of sp³-hybridized carbons (Fsp3) is 0.545. The van der Waals surface area contributed by atoms with E-state index >= 15 is 0 Å². The molecule has 0 saturated heterocycles. The van der Waals surface area contributed by atoms with E-state index in [9.17, 15) is 0 Å². The second-order valence-electron chi connectivity index (χ2n) is 4.32. The Balaban J connectivity index is 3.41. The molecule has 0 spiro atoms. The van der Waals surface area contributed by atoms with Crippen molar-refractivity contribution >= 4 is 17.0 Å². The van der Waals surface area contributed by atoms with Crippen molar-refractivity contribution in [3.63, 3.8) is 0 Å². The Kier molecular flexibility index (Phi) is 2.49. The maximum atomic E-state index is 7.15. The SMILES string of the molecule is [C-]#[N+]c1c(C(C)(C)C)sc(C)c1C. The molecule has 1 heterocycles. The molecule has 13 heavy (non-hydrogen) atoms. The zero-order valence-electron chi connectivity index (χ0n) is 8.86. The van der Waals surface area contributed by atoms with Gasteiger partial charge in [0.25, 0.3) is 0 Å². The van der Waals surface area contributed by atoms with Gasteiger partial charge in [-0.05, 0) is 29.7 Å². The Labute approximate surface area is 84.2 Å². The lowest BCUT2D eigenvalue weighted by Crippen LogP contribution is -2.08. The van der Waals surface area contributed by atoms with Crippen molar-refractivity contribution in [1.82, 2.24) is 0 Å². The Morgan fingerprint density at radius 2 is 1.77 bits per heavy atom. The van der Waals surface area contributed by atoms with E-state index in [-0.39, 0.29) is 5.41 Å². The van der Waals surface area contributed by atoms with Crippen LogP contribution in [0.3, 0.4) is 0 Å². The number of thiophene rings is 1. The first kappa shape index (κ1) is 10.3. The lowest BCUT2D eigenvalue weighted by Gasteiger charge is -2.17. The van der Waals surface area contributed by atoms with Gasteiger partial charge >= 0.3 is 0 Å². The van der Waals surface area contributed by atoms with Crippen molar-refractivity contribution in [3.8, 4) is 0 Å². The van der Waals surface area contributed by atoms with E-state index in [4.69, 9.17) is 6.57 Å². The molecule has 70 valence electrons. The van der Waals surface area contributed by atoms with Crippen LogP contribution >= 0.6 is 11.3 Å². The van der Waals surface area contributed by atoms with E-state index in [1.54, 1.807) is 11.3 Å². The zero-order valence-corrected chi connectivity index (χ0v) is 9.67. The predicted octanol–water partition coefficient (Wildman–Crippen LogP) is 4.21. The fourth-order valence-electron chi connectivity index (χ4n) is 1.26. The summed E-state index contributed by atoms with van der Waals surface area (Å²) in [5, 5.41) is 0. The highest BCUT2D eigenvalue weighted by Gasteiger charge is 2.23. The van der Waals surface area contributed by atoms with Crippen LogP contribution in [0.25, 0.3) is 4.85 Å². The summed E-state index contributed by atoms with van der Waals surface area (Å²) >= 11 is 1.76. The van der Waals surface area contributed by atoms with Gasteiger partial charge in [0.05, 0.1) is 6.57 Å². The van der Waals surface area contributed by atoms with Crippen molar-refractivity contribution < 1.29 is 0 Å². The highest BCUT2D eigenvalue weighted by atomic mass is 32.1. The monoisotopic (exact) mass is 193 g/mol. The van der Waals surface area contributed by atoms with Crippen molar-refractivity contribution in [1.29, 1.82) is 0 Å². The summed E-state index contributed by atoms with van der Waals surface area (Å²) in [6, 6.07) is 0. The molecule has 1 aromatic rings. The number of hydrogen-bond acceptors (Lipinski definition) is 1. The summed E-state index contributed by atoms with van der Waals surface area (Å²) in [6.45, 7) is 17.8. The molecule has 2 heteroatoms. The Bertz CT molecular complexity index is 361. The third-order valence-corrected chi connectivity index (χ3v) is 3.77. The van der Waals surface area contributed by atoms with Gasteiger partial charge in [-0.3, -0.25) is 0 Å². The molecular formula is C11H15NS. The molecule has 1 rings (SSSR count). The molecule has 1 aromatic heterocycles. The maximum Gasteiger partial charge on any atom is 0.204 e. The quantitative estimate of drug-likeness (QED) is 0.543. The van der Waals surface area contributed by atoms with E-state index in [2.05, 4.69) is 32.5 Å². The lowest BCUT2D eigenvalue weighted by atomic mass is 9.93.